The van der Waals surface area contributed by atoms with Gasteiger partial charge in [-0.15, -0.1) is 5.10 Å². The van der Waals surface area contributed by atoms with Crippen LogP contribution in [0.4, 0.5) is 0 Å². The van der Waals surface area contributed by atoms with Gasteiger partial charge in [-0.1, -0.05) is 0 Å². The summed E-state index contributed by atoms with van der Waals surface area (Å²) in [6.45, 7) is 9.28. The van der Waals surface area contributed by atoms with Crippen molar-refractivity contribution in [2.45, 2.75) is 46.7 Å². The molecule has 1 atom stereocenters. The number of amides is 1. The van der Waals surface area contributed by atoms with Gasteiger partial charge in [0, 0.05) is 55.9 Å². The van der Waals surface area contributed by atoms with Crippen molar-refractivity contribution < 1.29 is 9.53 Å². The molecule has 1 aromatic carbocycles. The van der Waals surface area contributed by atoms with Crippen LogP contribution in [-0.2, 0) is 20.0 Å². The lowest BCUT2D eigenvalue weighted by Crippen LogP contribution is -2.40. The van der Waals surface area contributed by atoms with Crippen LogP contribution >= 0.6 is 0 Å². The van der Waals surface area contributed by atoms with E-state index >= 15 is 0 Å². The summed E-state index contributed by atoms with van der Waals surface area (Å²) in [4.78, 5) is 20.2. The second-order valence-corrected chi connectivity index (χ2v) is 9.53. The molecule has 10 heteroatoms. The van der Waals surface area contributed by atoms with Crippen LogP contribution in [0, 0.1) is 25.2 Å². The zero-order valence-corrected chi connectivity index (χ0v) is 22.3. The molecular formula is C28H30N8O2. The minimum atomic E-state index is -0.349. The number of nitrogens with zero attached hydrogens (tertiary/aromatic N) is 8. The Labute approximate surface area is 221 Å². The van der Waals surface area contributed by atoms with Crippen LogP contribution in [0.25, 0.3) is 11.1 Å². The van der Waals surface area contributed by atoms with Crippen molar-refractivity contribution in [1.82, 2.24) is 34.4 Å². The van der Waals surface area contributed by atoms with Crippen LogP contribution in [0.5, 0.6) is 5.75 Å². The fraction of sp³-hybridized carbons (Fsp3) is 0.357. The van der Waals surface area contributed by atoms with E-state index in [2.05, 4.69) is 30.9 Å². The molecule has 0 N–H and O–H groups in total. The zero-order chi connectivity index (χ0) is 27.0. The summed E-state index contributed by atoms with van der Waals surface area (Å²) in [6.07, 6.45) is 6.43. The summed E-state index contributed by atoms with van der Waals surface area (Å²) < 4.78 is 9.47. The Bertz CT molecular complexity index is 1560. The second kappa shape index (κ2) is 10.1. The van der Waals surface area contributed by atoms with Gasteiger partial charge in [0.15, 0.2) is 5.75 Å². The molecule has 3 aromatic heterocycles. The summed E-state index contributed by atoms with van der Waals surface area (Å²) in [5.41, 5.74) is 6.43. The number of nitriles is 1. The average Bonchev–Trinajstić information content (AvgIpc) is 3.47. The number of hydrogen-bond donors (Lipinski definition) is 0. The molecule has 0 fully saturated rings. The minimum Gasteiger partial charge on any atom is -0.491 e. The van der Waals surface area contributed by atoms with Gasteiger partial charge in [0.1, 0.15) is 11.9 Å². The number of carbonyl (C=O) groups is 1. The predicted molar refractivity (Wildman–Crippen MR) is 141 cm³/mol. The highest BCUT2D eigenvalue weighted by atomic mass is 16.5. The number of aromatic nitrogens is 6. The molecule has 0 aliphatic carbocycles. The predicted octanol–water partition coefficient (Wildman–Crippen LogP) is 3.77. The Morgan fingerprint density at radius 2 is 1.95 bits per heavy atom. The fourth-order valence-corrected chi connectivity index (χ4v) is 5.11. The molecule has 0 radical (unpaired) electrons. The van der Waals surface area contributed by atoms with Crippen molar-refractivity contribution in [2.24, 2.45) is 7.05 Å². The average molecular weight is 511 g/mol. The molecule has 4 heterocycles. The maximum atomic E-state index is 14.0. The largest absolute Gasteiger partial charge is 0.491 e. The Balaban J connectivity index is 1.56. The molecule has 194 valence electrons. The molecule has 1 aliphatic heterocycles. The highest BCUT2D eigenvalue weighted by molar-refractivity contribution is 5.99. The quantitative estimate of drug-likeness (QED) is 0.372. The van der Waals surface area contributed by atoms with Gasteiger partial charge in [0.2, 0.25) is 5.69 Å². The maximum absolute atomic E-state index is 14.0. The van der Waals surface area contributed by atoms with Crippen LogP contribution < -0.4 is 4.74 Å². The Morgan fingerprint density at radius 1 is 1.16 bits per heavy atom. The number of ether oxygens (including phenoxy) is 1. The number of carbonyl (C=O) groups excluding carboxylic acids is 1. The molecule has 1 unspecified atom stereocenters. The van der Waals surface area contributed by atoms with Crippen molar-refractivity contribution in [1.29, 1.82) is 5.26 Å². The van der Waals surface area contributed by atoms with E-state index in [-0.39, 0.29) is 17.6 Å². The summed E-state index contributed by atoms with van der Waals surface area (Å²) in [7, 11) is 1.91. The van der Waals surface area contributed by atoms with Gasteiger partial charge in [-0.05, 0) is 62.9 Å². The van der Waals surface area contributed by atoms with Crippen LogP contribution in [0.2, 0.25) is 0 Å². The Morgan fingerprint density at radius 3 is 2.61 bits per heavy atom. The molecule has 1 amide bonds. The number of hydrogen-bond acceptors (Lipinski definition) is 7. The Kier molecular flexibility index (Phi) is 6.68. The third-order valence-electron chi connectivity index (χ3n) is 7.06. The van der Waals surface area contributed by atoms with E-state index in [1.54, 1.807) is 12.3 Å². The molecule has 4 aromatic rings. The normalized spacial score (nSPS) is 13.8. The molecule has 5 rings (SSSR count). The molecule has 0 saturated carbocycles. The van der Waals surface area contributed by atoms with Crippen molar-refractivity contribution in [3.05, 3.63) is 76.4 Å². The van der Waals surface area contributed by atoms with Gasteiger partial charge >= 0.3 is 0 Å². The van der Waals surface area contributed by atoms with Crippen molar-refractivity contribution in [3.63, 3.8) is 0 Å². The molecule has 0 saturated heterocycles. The van der Waals surface area contributed by atoms with Gasteiger partial charge in [0.05, 0.1) is 24.0 Å². The number of benzene rings is 1. The highest BCUT2D eigenvalue weighted by Gasteiger charge is 2.32. The van der Waals surface area contributed by atoms with Crippen LogP contribution in [-0.4, -0.2) is 53.5 Å². The number of fused-ring (bicyclic) bond motifs is 1. The number of rotatable bonds is 7. The van der Waals surface area contributed by atoms with Gasteiger partial charge in [-0.3, -0.25) is 9.48 Å². The third kappa shape index (κ3) is 4.52. The molecule has 0 bridgehead atoms. The van der Waals surface area contributed by atoms with E-state index in [0.717, 1.165) is 33.8 Å². The van der Waals surface area contributed by atoms with E-state index in [1.807, 2.05) is 68.9 Å². The Hall–Kier alpha value is -4.52. The lowest BCUT2D eigenvalue weighted by atomic mass is 9.87. The summed E-state index contributed by atoms with van der Waals surface area (Å²) >= 11 is 0. The first kappa shape index (κ1) is 25.1. The topological polar surface area (TPSA) is 115 Å². The monoisotopic (exact) mass is 510 g/mol. The zero-order valence-electron chi connectivity index (χ0n) is 22.3. The lowest BCUT2D eigenvalue weighted by Gasteiger charge is -2.34. The van der Waals surface area contributed by atoms with Gasteiger partial charge in [-0.25, -0.2) is 4.98 Å². The van der Waals surface area contributed by atoms with Crippen molar-refractivity contribution >= 4 is 5.91 Å². The standard InChI is InChI=1S/C28H30N8O2/c1-6-38-27-13-25(31-32-26(27)14-29)18(3)36-9-7-21-22(24-16-34(5)33-17(24)2)11-20(12-23(21)28(36)37)15-35-10-8-30-19(35)4/h8,10-13,16,18H,6-7,9,15H2,1-5H3. The van der Waals surface area contributed by atoms with E-state index in [1.165, 1.54) is 0 Å². The van der Waals surface area contributed by atoms with Crippen molar-refractivity contribution in [2.75, 3.05) is 13.2 Å². The van der Waals surface area contributed by atoms with E-state index < -0.39 is 0 Å². The molecule has 38 heavy (non-hydrogen) atoms. The van der Waals surface area contributed by atoms with Gasteiger partial charge in [-0.2, -0.15) is 15.5 Å². The van der Waals surface area contributed by atoms with E-state index in [4.69, 9.17) is 4.74 Å². The van der Waals surface area contributed by atoms with Crippen LogP contribution in [0.1, 0.15) is 64.3 Å². The SMILES string of the molecule is CCOc1cc(C(C)N2CCc3c(cc(Cn4ccnc4C)cc3-c3cn(C)nc3C)C2=O)nnc1C#N. The highest BCUT2D eigenvalue weighted by Crippen LogP contribution is 2.36. The second-order valence-electron chi connectivity index (χ2n) is 9.53. The molecule has 1 aliphatic rings. The fourth-order valence-electron chi connectivity index (χ4n) is 5.11. The van der Waals surface area contributed by atoms with Gasteiger partial charge < -0.3 is 14.2 Å². The number of imidazole rings is 1. The summed E-state index contributed by atoms with van der Waals surface area (Å²) in [5, 5.41) is 22.2. The smallest absolute Gasteiger partial charge is 0.254 e. The minimum absolute atomic E-state index is 0.0603. The van der Waals surface area contributed by atoms with E-state index in [0.29, 0.717) is 43.1 Å². The van der Waals surface area contributed by atoms with Crippen LogP contribution in [0.15, 0.2) is 36.8 Å². The van der Waals surface area contributed by atoms with Crippen molar-refractivity contribution in [3.8, 4) is 22.9 Å². The molecule has 0 spiro atoms. The maximum Gasteiger partial charge on any atom is 0.254 e. The summed E-state index contributed by atoms with van der Waals surface area (Å²) in [6, 6.07) is 7.55. The first-order valence-electron chi connectivity index (χ1n) is 12.7. The molecular weight excluding hydrogens is 480 g/mol. The summed E-state index contributed by atoms with van der Waals surface area (Å²) in [5.74, 6) is 1.23. The molecule has 10 nitrogen and oxygen atoms in total. The van der Waals surface area contributed by atoms with E-state index in [9.17, 15) is 10.1 Å². The van der Waals surface area contributed by atoms with Gasteiger partial charge in [0.25, 0.3) is 5.91 Å². The third-order valence-corrected chi connectivity index (χ3v) is 7.06. The lowest BCUT2D eigenvalue weighted by molar-refractivity contribution is 0.0668. The first-order valence-corrected chi connectivity index (χ1v) is 12.7. The first-order chi connectivity index (χ1) is 18.3. The number of aryl methyl sites for hydroxylation is 3. The van der Waals surface area contributed by atoms with Crippen LogP contribution in [0.3, 0.4) is 0 Å².